The van der Waals surface area contributed by atoms with Crippen molar-refractivity contribution in [3.8, 4) is 0 Å². The quantitative estimate of drug-likeness (QED) is 0.829. The molecule has 0 radical (unpaired) electrons. The van der Waals surface area contributed by atoms with Gasteiger partial charge in [0, 0.05) is 5.02 Å². The largest absolute Gasteiger partial charge is 0.480 e. The average Bonchev–Trinajstić information content (AvgIpc) is 2.13. The SMILES string of the molecule is Cc1cc(CC(N)C(=O)O)cc(C)c1Cl. The molecular weight excluding hydrogens is 214 g/mol. The smallest absolute Gasteiger partial charge is 0.320 e. The monoisotopic (exact) mass is 227 g/mol. The van der Waals surface area contributed by atoms with Crippen LogP contribution < -0.4 is 5.73 Å². The molecule has 1 atom stereocenters. The summed E-state index contributed by atoms with van der Waals surface area (Å²) in [5, 5.41) is 9.41. The van der Waals surface area contributed by atoms with Gasteiger partial charge in [0.15, 0.2) is 0 Å². The van der Waals surface area contributed by atoms with E-state index in [0.29, 0.717) is 6.42 Å². The van der Waals surface area contributed by atoms with Crippen molar-refractivity contribution in [2.24, 2.45) is 5.73 Å². The number of hydrogen-bond donors (Lipinski definition) is 2. The normalized spacial score (nSPS) is 12.5. The van der Waals surface area contributed by atoms with Crippen molar-refractivity contribution in [1.29, 1.82) is 0 Å². The van der Waals surface area contributed by atoms with Gasteiger partial charge in [0.1, 0.15) is 6.04 Å². The number of nitrogens with two attached hydrogens (primary N) is 1. The van der Waals surface area contributed by atoms with E-state index < -0.39 is 12.0 Å². The molecule has 0 saturated heterocycles. The minimum Gasteiger partial charge on any atom is -0.480 e. The molecule has 82 valence electrons. The number of aryl methyl sites for hydroxylation is 2. The zero-order valence-corrected chi connectivity index (χ0v) is 9.51. The van der Waals surface area contributed by atoms with Gasteiger partial charge in [0.05, 0.1) is 0 Å². The Hall–Kier alpha value is -1.06. The van der Waals surface area contributed by atoms with Crippen molar-refractivity contribution in [3.05, 3.63) is 33.8 Å². The van der Waals surface area contributed by atoms with E-state index >= 15 is 0 Å². The van der Waals surface area contributed by atoms with Crippen LogP contribution in [0, 0.1) is 13.8 Å². The van der Waals surface area contributed by atoms with Gasteiger partial charge in [-0.2, -0.15) is 0 Å². The Morgan fingerprint density at radius 3 is 2.33 bits per heavy atom. The van der Waals surface area contributed by atoms with Crippen LogP contribution in [0.3, 0.4) is 0 Å². The molecule has 0 amide bonds. The third-order valence-electron chi connectivity index (χ3n) is 2.27. The van der Waals surface area contributed by atoms with Crippen molar-refractivity contribution in [2.45, 2.75) is 26.3 Å². The molecule has 1 unspecified atom stereocenters. The summed E-state index contributed by atoms with van der Waals surface area (Å²) in [6.45, 7) is 3.79. The van der Waals surface area contributed by atoms with E-state index in [9.17, 15) is 4.79 Å². The van der Waals surface area contributed by atoms with E-state index in [0.717, 1.165) is 21.7 Å². The first-order valence-corrected chi connectivity index (χ1v) is 5.03. The maximum absolute atomic E-state index is 10.6. The third-order valence-corrected chi connectivity index (χ3v) is 2.87. The highest BCUT2D eigenvalue weighted by atomic mass is 35.5. The van der Waals surface area contributed by atoms with E-state index in [1.807, 2.05) is 26.0 Å². The predicted molar refractivity (Wildman–Crippen MR) is 60.2 cm³/mol. The molecule has 0 aliphatic carbocycles. The highest BCUT2D eigenvalue weighted by Crippen LogP contribution is 2.22. The molecule has 1 aromatic carbocycles. The Morgan fingerprint density at radius 2 is 1.93 bits per heavy atom. The van der Waals surface area contributed by atoms with E-state index in [1.165, 1.54) is 0 Å². The standard InChI is InChI=1S/C11H14ClNO2/c1-6-3-8(4-7(2)10(6)12)5-9(13)11(14)15/h3-4,9H,5,13H2,1-2H3,(H,14,15). The summed E-state index contributed by atoms with van der Waals surface area (Å²) < 4.78 is 0. The minimum atomic E-state index is -0.986. The molecular formula is C11H14ClNO2. The Labute approximate surface area is 93.9 Å². The Balaban J connectivity index is 2.92. The molecule has 15 heavy (non-hydrogen) atoms. The molecule has 3 nitrogen and oxygen atoms in total. The fraction of sp³-hybridized carbons (Fsp3) is 0.364. The number of carboxylic acid groups (broad SMARTS) is 1. The maximum atomic E-state index is 10.6. The summed E-state index contributed by atoms with van der Waals surface area (Å²) >= 11 is 6.00. The van der Waals surface area contributed by atoms with E-state index in [4.69, 9.17) is 22.4 Å². The van der Waals surface area contributed by atoms with Crippen molar-refractivity contribution < 1.29 is 9.90 Å². The van der Waals surface area contributed by atoms with Crippen LogP contribution in [0.5, 0.6) is 0 Å². The number of rotatable bonds is 3. The Kier molecular flexibility index (Phi) is 3.72. The molecule has 0 bridgehead atoms. The fourth-order valence-electron chi connectivity index (χ4n) is 1.49. The third kappa shape index (κ3) is 2.94. The first-order valence-electron chi connectivity index (χ1n) is 4.66. The van der Waals surface area contributed by atoms with Crippen molar-refractivity contribution >= 4 is 17.6 Å². The summed E-state index contributed by atoms with van der Waals surface area (Å²) in [5.41, 5.74) is 8.26. The van der Waals surface area contributed by atoms with Gasteiger partial charge in [0.2, 0.25) is 0 Å². The van der Waals surface area contributed by atoms with Gasteiger partial charge in [-0.1, -0.05) is 23.7 Å². The molecule has 0 saturated carbocycles. The maximum Gasteiger partial charge on any atom is 0.320 e. The van der Waals surface area contributed by atoms with E-state index in [-0.39, 0.29) is 0 Å². The molecule has 0 fully saturated rings. The lowest BCUT2D eigenvalue weighted by Crippen LogP contribution is -2.32. The number of halogens is 1. The zero-order chi connectivity index (χ0) is 11.6. The van der Waals surface area contributed by atoms with Crippen LogP contribution in [0.4, 0.5) is 0 Å². The number of carboxylic acids is 1. The summed E-state index contributed by atoms with van der Waals surface area (Å²) in [6, 6.07) is 2.89. The predicted octanol–water partition coefficient (Wildman–Crippen LogP) is 1.91. The van der Waals surface area contributed by atoms with Crippen LogP contribution in [-0.2, 0) is 11.2 Å². The van der Waals surface area contributed by atoms with Crippen molar-refractivity contribution in [2.75, 3.05) is 0 Å². The number of benzene rings is 1. The van der Waals surface area contributed by atoms with Crippen LogP contribution >= 0.6 is 11.6 Å². The Bertz CT molecular complexity index is 367. The second-order valence-electron chi connectivity index (χ2n) is 3.69. The van der Waals surface area contributed by atoms with Crippen LogP contribution in [0.25, 0.3) is 0 Å². The van der Waals surface area contributed by atoms with E-state index in [1.54, 1.807) is 0 Å². The van der Waals surface area contributed by atoms with Gasteiger partial charge < -0.3 is 10.8 Å². The first kappa shape index (κ1) is 12.0. The van der Waals surface area contributed by atoms with Gasteiger partial charge in [-0.05, 0) is 37.0 Å². The van der Waals surface area contributed by atoms with Gasteiger partial charge in [-0.15, -0.1) is 0 Å². The topological polar surface area (TPSA) is 63.3 Å². The van der Waals surface area contributed by atoms with Gasteiger partial charge in [-0.25, -0.2) is 0 Å². The van der Waals surface area contributed by atoms with Crippen LogP contribution in [-0.4, -0.2) is 17.1 Å². The zero-order valence-electron chi connectivity index (χ0n) is 8.75. The highest BCUT2D eigenvalue weighted by molar-refractivity contribution is 6.32. The number of carbonyl (C=O) groups is 1. The first-order chi connectivity index (χ1) is 6.91. The molecule has 3 N–H and O–H groups in total. The fourth-order valence-corrected chi connectivity index (χ4v) is 1.60. The van der Waals surface area contributed by atoms with Gasteiger partial charge >= 0.3 is 5.97 Å². The lowest BCUT2D eigenvalue weighted by Gasteiger charge is -2.10. The summed E-state index contributed by atoms with van der Waals surface area (Å²) in [5.74, 6) is -0.986. The highest BCUT2D eigenvalue weighted by Gasteiger charge is 2.13. The molecule has 0 spiro atoms. The summed E-state index contributed by atoms with van der Waals surface area (Å²) in [7, 11) is 0. The van der Waals surface area contributed by atoms with E-state index in [2.05, 4.69) is 0 Å². The number of hydrogen-bond acceptors (Lipinski definition) is 2. The van der Waals surface area contributed by atoms with Crippen LogP contribution in [0.2, 0.25) is 5.02 Å². The second kappa shape index (κ2) is 4.64. The molecule has 0 heterocycles. The van der Waals surface area contributed by atoms with Crippen molar-refractivity contribution in [1.82, 2.24) is 0 Å². The van der Waals surface area contributed by atoms with Gasteiger partial charge in [0.25, 0.3) is 0 Å². The molecule has 1 aromatic rings. The number of aliphatic carboxylic acids is 1. The Morgan fingerprint density at radius 1 is 1.47 bits per heavy atom. The van der Waals surface area contributed by atoms with Crippen LogP contribution in [0.15, 0.2) is 12.1 Å². The second-order valence-corrected chi connectivity index (χ2v) is 4.07. The summed E-state index contributed by atoms with van der Waals surface area (Å²) in [4.78, 5) is 10.6. The molecule has 4 heteroatoms. The molecule has 0 aromatic heterocycles. The minimum absolute atomic E-state index is 0.328. The molecule has 0 aliphatic heterocycles. The average molecular weight is 228 g/mol. The summed E-state index contributed by atoms with van der Waals surface area (Å²) in [6.07, 6.45) is 0.328. The molecule has 0 aliphatic rings. The lowest BCUT2D eigenvalue weighted by atomic mass is 10.0. The lowest BCUT2D eigenvalue weighted by molar-refractivity contribution is -0.138. The molecule has 1 rings (SSSR count). The van der Waals surface area contributed by atoms with Crippen molar-refractivity contribution in [3.63, 3.8) is 0 Å². The van der Waals surface area contributed by atoms with Gasteiger partial charge in [-0.3, -0.25) is 4.79 Å². The van der Waals surface area contributed by atoms with Crippen LogP contribution in [0.1, 0.15) is 16.7 Å².